The molecule has 4 fully saturated rings. The number of ether oxygens (including phenoxy) is 1. The fourth-order valence-corrected chi connectivity index (χ4v) is 5.43. The molecule has 0 radical (unpaired) electrons. The summed E-state index contributed by atoms with van der Waals surface area (Å²) in [5, 5.41) is 30.0. The van der Waals surface area contributed by atoms with Crippen molar-refractivity contribution in [3.63, 3.8) is 0 Å². The van der Waals surface area contributed by atoms with Gasteiger partial charge in [0.05, 0.1) is 4.92 Å². The molecule has 0 aromatic heterocycles. The van der Waals surface area contributed by atoms with E-state index in [-0.39, 0.29) is 11.2 Å². The fraction of sp³-hybridized carbons (Fsp3) is 0.526. The monoisotopic (exact) mass is 359 g/mol. The molecule has 0 saturated heterocycles. The first-order valence-corrected chi connectivity index (χ1v) is 8.95. The van der Waals surface area contributed by atoms with Gasteiger partial charge in [-0.3, -0.25) is 10.1 Å². The van der Waals surface area contributed by atoms with Crippen molar-refractivity contribution in [3.05, 3.63) is 33.9 Å². The minimum atomic E-state index is -0.792. The number of benzene rings is 1. The smallest absolute Gasteiger partial charge is 0.331 e. The van der Waals surface area contributed by atoms with Gasteiger partial charge in [-0.2, -0.15) is 0 Å². The number of aromatic hydroxyl groups is 2. The molecule has 7 nitrogen and oxygen atoms in total. The first-order valence-electron chi connectivity index (χ1n) is 8.95. The summed E-state index contributed by atoms with van der Waals surface area (Å²) in [5.74, 6) is 0.123. The predicted octanol–water partition coefficient (Wildman–Crippen LogP) is 3.53. The number of phenolic OH excluding ortho intramolecular Hbond substituents is 2. The Bertz CT molecular complexity index is 764. The van der Waals surface area contributed by atoms with Crippen LogP contribution in [0, 0.1) is 27.9 Å². The van der Waals surface area contributed by atoms with E-state index >= 15 is 0 Å². The van der Waals surface area contributed by atoms with Gasteiger partial charge in [0.2, 0.25) is 5.75 Å². The van der Waals surface area contributed by atoms with Gasteiger partial charge >= 0.3 is 11.7 Å². The van der Waals surface area contributed by atoms with Crippen LogP contribution in [-0.4, -0.2) is 26.7 Å². The molecule has 2 N–H and O–H groups in total. The molecule has 4 saturated carbocycles. The number of hydrogen-bond acceptors (Lipinski definition) is 6. The molecule has 5 rings (SSSR count). The third kappa shape index (κ3) is 3.02. The lowest BCUT2D eigenvalue weighted by Gasteiger charge is -2.55. The largest absolute Gasteiger partial charge is 0.504 e. The molecule has 0 unspecified atom stereocenters. The van der Waals surface area contributed by atoms with Gasteiger partial charge in [-0.05, 0) is 74.0 Å². The summed E-state index contributed by atoms with van der Waals surface area (Å²) < 4.78 is 5.83. The number of esters is 1. The SMILES string of the molecule is O=C(/C=C/c1cc(O)c(O)c([N+](=O)[O-])c1)OC12CC3CC(CC(C3)C1)C2. The van der Waals surface area contributed by atoms with E-state index in [1.54, 1.807) is 0 Å². The quantitative estimate of drug-likeness (QED) is 0.280. The second-order valence-electron chi connectivity index (χ2n) is 8.02. The van der Waals surface area contributed by atoms with Gasteiger partial charge in [0, 0.05) is 12.1 Å². The van der Waals surface area contributed by atoms with Crippen LogP contribution in [0.5, 0.6) is 11.5 Å². The van der Waals surface area contributed by atoms with E-state index in [1.807, 2.05) is 0 Å². The number of rotatable bonds is 4. The predicted molar refractivity (Wildman–Crippen MR) is 92.5 cm³/mol. The van der Waals surface area contributed by atoms with E-state index in [0.717, 1.165) is 31.4 Å². The summed E-state index contributed by atoms with van der Waals surface area (Å²) in [5.41, 5.74) is -0.715. The summed E-state index contributed by atoms with van der Waals surface area (Å²) in [4.78, 5) is 22.4. The van der Waals surface area contributed by atoms with E-state index in [9.17, 15) is 25.1 Å². The number of carbonyl (C=O) groups is 1. The Hall–Kier alpha value is -2.57. The summed E-state index contributed by atoms with van der Waals surface area (Å²) >= 11 is 0. The highest BCUT2D eigenvalue weighted by molar-refractivity contribution is 5.87. The van der Waals surface area contributed by atoms with Crippen molar-refractivity contribution in [1.29, 1.82) is 0 Å². The highest BCUT2D eigenvalue weighted by Crippen LogP contribution is 2.57. The minimum Gasteiger partial charge on any atom is -0.504 e. The van der Waals surface area contributed by atoms with Crippen molar-refractivity contribution in [1.82, 2.24) is 0 Å². The number of carbonyl (C=O) groups excluding carboxylic acids is 1. The molecule has 7 heteroatoms. The number of phenols is 2. The van der Waals surface area contributed by atoms with Gasteiger partial charge in [0.1, 0.15) is 5.60 Å². The maximum absolute atomic E-state index is 12.3. The van der Waals surface area contributed by atoms with Gasteiger partial charge in [-0.25, -0.2) is 4.79 Å². The number of nitro benzene ring substituents is 1. The maximum atomic E-state index is 12.3. The second-order valence-corrected chi connectivity index (χ2v) is 8.02. The number of nitro groups is 1. The highest BCUT2D eigenvalue weighted by Gasteiger charge is 2.53. The van der Waals surface area contributed by atoms with E-state index in [4.69, 9.17) is 4.74 Å². The Morgan fingerprint density at radius 1 is 1.15 bits per heavy atom. The van der Waals surface area contributed by atoms with E-state index < -0.39 is 28.1 Å². The Labute approximate surface area is 150 Å². The third-order valence-electron chi connectivity index (χ3n) is 6.00. The lowest BCUT2D eigenvalue weighted by Crippen LogP contribution is -2.52. The maximum Gasteiger partial charge on any atom is 0.331 e. The average Bonchev–Trinajstić information content (AvgIpc) is 2.53. The Morgan fingerprint density at radius 3 is 2.27 bits per heavy atom. The molecule has 0 atom stereocenters. The molecule has 0 amide bonds. The first kappa shape index (κ1) is 16.9. The second kappa shape index (κ2) is 6.00. The van der Waals surface area contributed by atoms with Crippen LogP contribution in [0.25, 0.3) is 6.08 Å². The lowest BCUT2D eigenvalue weighted by atomic mass is 9.54. The molecule has 1 aromatic carbocycles. The van der Waals surface area contributed by atoms with E-state index in [1.165, 1.54) is 31.4 Å². The Morgan fingerprint density at radius 2 is 1.73 bits per heavy atom. The Balaban J connectivity index is 1.48. The molecule has 138 valence electrons. The molecule has 4 aliphatic carbocycles. The van der Waals surface area contributed by atoms with Gasteiger partial charge < -0.3 is 14.9 Å². The molecule has 0 heterocycles. The molecule has 1 aromatic rings. The van der Waals surface area contributed by atoms with Crippen LogP contribution < -0.4 is 0 Å². The van der Waals surface area contributed by atoms with Crippen LogP contribution in [0.2, 0.25) is 0 Å². The van der Waals surface area contributed by atoms with Crippen LogP contribution >= 0.6 is 0 Å². The molecule has 26 heavy (non-hydrogen) atoms. The van der Waals surface area contributed by atoms with Crippen molar-refractivity contribution >= 4 is 17.7 Å². The van der Waals surface area contributed by atoms with Crippen LogP contribution in [-0.2, 0) is 9.53 Å². The van der Waals surface area contributed by atoms with Crippen LogP contribution in [0.1, 0.15) is 44.1 Å². The molecular formula is C19H21NO6. The van der Waals surface area contributed by atoms with Crippen LogP contribution in [0.15, 0.2) is 18.2 Å². The van der Waals surface area contributed by atoms with Gasteiger partial charge in [0.25, 0.3) is 0 Å². The highest BCUT2D eigenvalue weighted by atomic mass is 16.6. The normalized spacial score (nSPS) is 32.1. The summed E-state index contributed by atoms with van der Waals surface area (Å²) in [6, 6.07) is 2.26. The molecule has 4 aliphatic rings. The van der Waals surface area contributed by atoms with Gasteiger partial charge in [-0.15, -0.1) is 0 Å². The Kier molecular flexibility index (Phi) is 3.89. The average molecular weight is 359 g/mol. The van der Waals surface area contributed by atoms with Crippen molar-refractivity contribution in [2.75, 3.05) is 0 Å². The summed E-state index contributed by atoms with van der Waals surface area (Å²) in [6.45, 7) is 0. The first-order chi connectivity index (χ1) is 12.3. The fourth-order valence-electron chi connectivity index (χ4n) is 5.43. The van der Waals surface area contributed by atoms with Gasteiger partial charge in [0.15, 0.2) is 5.75 Å². The minimum absolute atomic E-state index is 0.245. The number of hydrogen-bond donors (Lipinski definition) is 2. The molecule has 4 bridgehead atoms. The molecule has 0 spiro atoms. The van der Waals surface area contributed by atoms with Crippen LogP contribution in [0.3, 0.4) is 0 Å². The zero-order valence-electron chi connectivity index (χ0n) is 14.3. The van der Waals surface area contributed by atoms with Crippen LogP contribution in [0.4, 0.5) is 5.69 Å². The van der Waals surface area contributed by atoms with Crippen molar-refractivity contribution in [2.24, 2.45) is 17.8 Å². The topological polar surface area (TPSA) is 110 Å². The van der Waals surface area contributed by atoms with Crippen molar-refractivity contribution < 1.29 is 24.7 Å². The zero-order valence-corrected chi connectivity index (χ0v) is 14.3. The van der Waals surface area contributed by atoms with E-state index in [2.05, 4.69) is 0 Å². The lowest BCUT2D eigenvalue weighted by molar-refractivity contribution is -0.386. The van der Waals surface area contributed by atoms with Gasteiger partial charge in [-0.1, -0.05) is 0 Å². The molecule has 0 aliphatic heterocycles. The summed E-state index contributed by atoms with van der Waals surface area (Å²) in [7, 11) is 0. The van der Waals surface area contributed by atoms with Crippen molar-refractivity contribution in [2.45, 2.75) is 44.1 Å². The zero-order chi connectivity index (χ0) is 18.5. The van der Waals surface area contributed by atoms with Crippen molar-refractivity contribution in [3.8, 4) is 11.5 Å². The molecular weight excluding hydrogens is 338 g/mol. The van der Waals surface area contributed by atoms with E-state index in [0.29, 0.717) is 17.8 Å². The number of nitrogens with zero attached hydrogens (tertiary/aromatic N) is 1. The summed E-state index contributed by atoms with van der Waals surface area (Å²) in [6.07, 6.45) is 9.15. The third-order valence-corrected chi connectivity index (χ3v) is 6.00. The standard InChI is InChI=1S/C19H21NO6/c21-16-7-11(6-15(18(16)23)20(24)25)1-2-17(22)26-19-8-12-3-13(9-19)5-14(4-12)10-19/h1-2,6-7,12-14,21,23H,3-5,8-10H2/b2-1+.